The number of hydrogen-bond donors (Lipinski definition) is 4. The lowest BCUT2D eigenvalue weighted by Gasteiger charge is -2.20. The minimum atomic E-state index is 0.322. The van der Waals surface area contributed by atoms with Crippen molar-refractivity contribution in [2.24, 2.45) is 0 Å². The summed E-state index contributed by atoms with van der Waals surface area (Å²) in [6.45, 7) is 15.9. The molecule has 4 aromatic carbocycles. The molecular weight excluding hydrogens is 482 g/mol. The molecule has 0 atom stereocenters. The van der Waals surface area contributed by atoms with Crippen LogP contribution in [0.5, 0.6) is 17.2 Å². The number of nitrogen functional groups attached to an aromatic ring is 1. The van der Waals surface area contributed by atoms with E-state index in [2.05, 4.69) is 38.1 Å². The van der Waals surface area contributed by atoms with Gasteiger partial charge in [-0.05, 0) is 129 Å². The second-order valence-electron chi connectivity index (χ2n) is 11.4. The maximum Gasteiger partial charge on any atom is 0.122 e. The van der Waals surface area contributed by atoms with Gasteiger partial charge in [0, 0.05) is 29.7 Å². The van der Waals surface area contributed by atoms with Crippen LogP contribution in [-0.2, 0) is 19.3 Å². The van der Waals surface area contributed by atoms with Gasteiger partial charge in [-0.3, -0.25) is 0 Å². The molecule has 204 valence electrons. The topological polar surface area (TPSA) is 86.7 Å². The standard InChI is InChI=1S/C35H41NO3/c1-18-9-26(10-19(2)32(18)36)15-30-24(7)28(13-22(5)34(30)38)17-29-14-23(6)35(39)31(25(29)8)16-27-11-20(3)33(37)21(4)12-27/h9-14,37-39H,15-17,36H2,1-8H3. The average Bonchev–Trinajstić information content (AvgIpc) is 2.87. The molecule has 0 radical (unpaired) electrons. The molecule has 0 aliphatic heterocycles. The van der Waals surface area contributed by atoms with E-state index in [-0.39, 0.29) is 0 Å². The van der Waals surface area contributed by atoms with E-state index in [1.807, 2.05) is 53.7 Å². The van der Waals surface area contributed by atoms with Gasteiger partial charge >= 0.3 is 0 Å². The van der Waals surface area contributed by atoms with Gasteiger partial charge < -0.3 is 21.1 Å². The molecule has 4 heteroatoms. The number of aromatic hydroxyl groups is 3. The molecular formula is C35H41NO3. The zero-order valence-corrected chi connectivity index (χ0v) is 24.5. The highest BCUT2D eigenvalue weighted by atomic mass is 16.3. The summed E-state index contributed by atoms with van der Waals surface area (Å²) in [7, 11) is 0. The van der Waals surface area contributed by atoms with E-state index >= 15 is 0 Å². The van der Waals surface area contributed by atoms with Crippen LogP contribution in [0.2, 0.25) is 0 Å². The smallest absolute Gasteiger partial charge is 0.122 e. The fourth-order valence-electron chi connectivity index (χ4n) is 5.82. The fourth-order valence-corrected chi connectivity index (χ4v) is 5.82. The molecule has 0 heterocycles. The molecule has 0 unspecified atom stereocenters. The molecule has 4 nitrogen and oxygen atoms in total. The minimum Gasteiger partial charge on any atom is -0.507 e. The Hall–Kier alpha value is -3.92. The van der Waals surface area contributed by atoms with Crippen LogP contribution in [-0.4, -0.2) is 15.3 Å². The van der Waals surface area contributed by atoms with Crippen molar-refractivity contribution in [2.75, 3.05) is 5.73 Å². The Morgan fingerprint density at radius 1 is 0.462 bits per heavy atom. The third-order valence-electron chi connectivity index (χ3n) is 8.32. The van der Waals surface area contributed by atoms with Gasteiger partial charge in [0.25, 0.3) is 0 Å². The molecule has 0 aliphatic carbocycles. The van der Waals surface area contributed by atoms with Gasteiger partial charge in [-0.1, -0.05) is 36.4 Å². The highest BCUT2D eigenvalue weighted by Crippen LogP contribution is 2.36. The van der Waals surface area contributed by atoms with Gasteiger partial charge in [0.2, 0.25) is 0 Å². The van der Waals surface area contributed by atoms with Crippen molar-refractivity contribution in [1.82, 2.24) is 0 Å². The first-order valence-corrected chi connectivity index (χ1v) is 13.5. The third-order valence-corrected chi connectivity index (χ3v) is 8.32. The summed E-state index contributed by atoms with van der Waals surface area (Å²) in [5.41, 5.74) is 21.0. The Morgan fingerprint density at radius 3 is 1.18 bits per heavy atom. The van der Waals surface area contributed by atoms with Gasteiger partial charge in [-0.15, -0.1) is 0 Å². The lowest BCUT2D eigenvalue weighted by atomic mass is 9.86. The van der Waals surface area contributed by atoms with Crippen molar-refractivity contribution >= 4 is 5.69 Å². The summed E-state index contributed by atoms with van der Waals surface area (Å²) in [5, 5.41) is 32.3. The molecule has 5 N–H and O–H groups in total. The lowest BCUT2D eigenvalue weighted by Crippen LogP contribution is -2.05. The minimum absolute atomic E-state index is 0.322. The normalized spacial score (nSPS) is 11.3. The van der Waals surface area contributed by atoms with Crippen molar-refractivity contribution < 1.29 is 15.3 Å². The molecule has 0 fully saturated rings. The highest BCUT2D eigenvalue weighted by molar-refractivity contribution is 5.58. The van der Waals surface area contributed by atoms with Crippen LogP contribution in [0.3, 0.4) is 0 Å². The molecule has 0 spiro atoms. The zero-order chi connectivity index (χ0) is 28.8. The number of aryl methyl sites for hydroxylation is 6. The fraction of sp³-hybridized carbons (Fsp3) is 0.314. The molecule has 0 saturated heterocycles. The molecule has 0 saturated carbocycles. The summed E-state index contributed by atoms with van der Waals surface area (Å²) >= 11 is 0. The second kappa shape index (κ2) is 10.7. The quantitative estimate of drug-likeness (QED) is 0.196. The van der Waals surface area contributed by atoms with Crippen LogP contribution in [0.4, 0.5) is 5.69 Å². The number of phenolic OH excluding ortho intramolecular Hbond substituents is 3. The summed E-state index contributed by atoms with van der Waals surface area (Å²) in [6, 6.07) is 12.4. The molecule has 4 rings (SSSR count). The Balaban J connectivity index is 1.74. The van der Waals surface area contributed by atoms with Gasteiger partial charge in [-0.2, -0.15) is 0 Å². The molecule has 0 aliphatic rings. The number of benzene rings is 4. The molecule has 0 aromatic heterocycles. The van der Waals surface area contributed by atoms with E-state index in [0.717, 1.165) is 78.0 Å². The number of hydrogen-bond acceptors (Lipinski definition) is 4. The van der Waals surface area contributed by atoms with E-state index in [4.69, 9.17) is 5.73 Å². The van der Waals surface area contributed by atoms with E-state index < -0.39 is 0 Å². The van der Waals surface area contributed by atoms with Gasteiger partial charge in [0.15, 0.2) is 0 Å². The van der Waals surface area contributed by atoms with E-state index in [9.17, 15) is 15.3 Å². The Kier molecular flexibility index (Phi) is 7.70. The summed E-state index contributed by atoms with van der Waals surface area (Å²) in [5.74, 6) is 0.997. The van der Waals surface area contributed by atoms with Crippen LogP contribution in [0.1, 0.15) is 77.9 Å². The van der Waals surface area contributed by atoms with Crippen LogP contribution in [0.15, 0.2) is 36.4 Å². The van der Waals surface area contributed by atoms with Crippen LogP contribution in [0.25, 0.3) is 0 Å². The van der Waals surface area contributed by atoms with Gasteiger partial charge in [-0.25, -0.2) is 0 Å². The van der Waals surface area contributed by atoms with Crippen LogP contribution in [0, 0.1) is 55.4 Å². The summed E-state index contributed by atoms with van der Waals surface area (Å²) in [4.78, 5) is 0. The van der Waals surface area contributed by atoms with Crippen LogP contribution >= 0.6 is 0 Å². The van der Waals surface area contributed by atoms with Crippen molar-refractivity contribution in [1.29, 1.82) is 0 Å². The van der Waals surface area contributed by atoms with Crippen molar-refractivity contribution in [3.8, 4) is 17.2 Å². The maximum absolute atomic E-state index is 11.1. The molecule has 0 bridgehead atoms. The third kappa shape index (κ3) is 5.47. The van der Waals surface area contributed by atoms with Crippen molar-refractivity contribution in [3.63, 3.8) is 0 Å². The Morgan fingerprint density at radius 2 is 0.795 bits per heavy atom. The van der Waals surface area contributed by atoms with Crippen LogP contribution < -0.4 is 5.73 Å². The molecule has 0 amide bonds. The predicted octanol–water partition coefficient (Wildman–Crippen LogP) is 7.63. The zero-order valence-electron chi connectivity index (χ0n) is 24.5. The maximum atomic E-state index is 11.1. The summed E-state index contributed by atoms with van der Waals surface area (Å²) in [6.07, 6.45) is 1.92. The molecule has 4 aromatic rings. The number of phenols is 3. The van der Waals surface area contributed by atoms with E-state index in [1.54, 1.807) is 0 Å². The lowest BCUT2D eigenvalue weighted by molar-refractivity contribution is 0.463. The Labute approximate surface area is 232 Å². The number of nitrogens with two attached hydrogens (primary N) is 1. The first-order valence-electron chi connectivity index (χ1n) is 13.5. The summed E-state index contributed by atoms with van der Waals surface area (Å²) < 4.78 is 0. The monoisotopic (exact) mass is 523 g/mol. The largest absolute Gasteiger partial charge is 0.507 e. The SMILES string of the molecule is Cc1cc(Cc2c(C)c(Cc3cc(C)c(O)c(Cc4cc(C)c(O)c(C)c4)c3C)cc(C)c2O)cc(C)c1N. The second-order valence-corrected chi connectivity index (χ2v) is 11.4. The van der Waals surface area contributed by atoms with E-state index in [1.165, 1.54) is 5.56 Å². The van der Waals surface area contributed by atoms with Crippen molar-refractivity contribution in [2.45, 2.75) is 74.7 Å². The van der Waals surface area contributed by atoms with Crippen molar-refractivity contribution in [3.05, 3.63) is 114 Å². The Bertz CT molecular complexity index is 1430. The first-order chi connectivity index (χ1) is 18.3. The van der Waals surface area contributed by atoms with Gasteiger partial charge in [0.1, 0.15) is 17.2 Å². The van der Waals surface area contributed by atoms with E-state index in [0.29, 0.717) is 36.5 Å². The highest BCUT2D eigenvalue weighted by Gasteiger charge is 2.19. The molecule has 39 heavy (non-hydrogen) atoms. The number of anilines is 1. The first kappa shape index (κ1) is 28.1. The van der Waals surface area contributed by atoms with Gasteiger partial charge in [0.05, 0.1) is 0 Å². The number of rotatable bonds is 6. The predicted molar refractivity (Wildman–Crippen MR) is 161 cm³/mol. The average molecular weight is 524 g/mol.